The normalized spacial score (nSPS) is 26.2. The molecule has 2 rings (SSSR count). The van der Waals surface area contributed by atoms with Crippen LogP contribution in [-0.4, -0.2) is 27.2 Å². The number of aromatic nitrogens is 1. The summed E-state index contributed by atoms with van der Waals surface area (Å²) in [5.74, 6) is 1.29. The van der Waals surface area contributed by atoms with Crippen LogP contribution in [0.15, 0.2) is 18.3 Å². The molecule has 110 valence electrons. The third-order valence-electron chi connectivity index (χ3n) is 4.17. The van der Waals surface area contributed by atoms with Crippen LogP contribution in [0.5, 0.6) is 0 Å². The number of rotatable bonds is 5. The van der Waals surface area contributed by atoms with E-state index in [1.165, 1.54) is 18.7 Å². The lowest BCUT2D eigenvalue weighted by atomic mass is 9.78. The van der Waals surface area contributed by atoms with Crippen LogP contribution in [-0.2, 0) is 0 Å². The van der Waals surface area contributed by atoms with Crippen molar-refractivity contribution in [2.24, 2.45) is 5.92 Å². The molecule has 1 aromatic rings. The number of hydrogen-bond acceptors (Lipinski definition) is 5. The number of hydrogen-bond donors (Lipinski definition) is 2. The summed E-state index contributed by atoms with van der Waals surface area (Å²) in [6.07, 6.45) is 6.11. The zero-order valence-electron chi connectivity index (χ0n) is 11.7. The molecule has 1 aliphatic rings. The van der Waals surface area contributed by atoms with Crippen LogP contribution < -0.4 is 5.32 Å². The van der Waals surface area contributed by atoms with Gasteiger partial charge in [0.05, 0.1) is 10.5 Å². The van der Waals surface area contributed by atoms with Gasteiger partial charge in [0.2, 0.25) is 0 Å². The van der Waals surface area contributed by atoms with Gasteiger partial charge < -0.3 is 10.4 Å². The largest absolute Gasteiger partial charge is 0.388 e. The van der Waals surface area contributed by atoms with Gasteiger partial charge in [0.25, 0.3) is 5.69 Å². The molecule has 1 aromatic heterocycles. The highest BCUT2D eigenvalue weighted by atomic mass is 16.6. The van der Waals surface area contributed by atoms with Crippen LogP contribution in [0.25, 0.3) is 0 Å². The summed E-state index contributed by atoms with van der Waals surface area (Å²) in [5, 5.41) is 24.1. The summed E-state index contributed by atoms with van der Waals surface area (Å²) >= 11 is 0. The number of nitrogens with one attached hydrogen (secondary N) is 1. The van der Waals surface area contributed by atoms with E-state index in [0.717, 1.165) is 31.6 Å². The van der Waals surface area contributed by atoms with Crippen molar-refractivity contribution in [3.63, 3.8) is 0 Å². The third kappa shape index (κ3) is 3.66. The van der Waals surface area contributed by atoms with Gasteiger partial charge in [0.15, 0.2) is 0 Å². The van der Waals surface area contributed by atoms with Crippen LogP contribution in [0, 0.1) is 16.0 Å². The Hall–Kier alpha value is -1.69. The van der Waals surface area contributed by atoms with Crippen molar-refractivity contribution in [3.05, 3.63) is 28.4 Å². The van der Waals surface area contributed by atoms with Gasteiger partial charge in [-0.25, -0.2) is 4.98 Å². The van der Waals surface area contributed by atoms with Crippen molar-refractivity contribution in [2.45, 2.75) is 44.6 Å². The van der Waals surface area contributed by atoms with E-state index < -0.39 is 10.5 Å². The second-order valence-corrected chi connectivity index (χ2v) is 5.59. The molecule has 2 N–H and O–H groups in total. The van der Waals surface area contributed by atoms with E-state index in [1.807, 2.05) is 0 Å². The van der Waals surface area contributed by atoms with Crippen molar-refractivity contribution >= 4 is 11.5 Å². The lowest BCUT2D eigenvalue weighted by Gasteiger charge is -2.36. The Morgan fingerprint density at radius 1 is 1.50 bits per heavy atom. The van der Waals surface area contributed by atoms with E-state index in [-0.39, 0.29) is 5.69 Å². The maximum atomic E-state index is 10.5. The molecular weight excluding hydrogens is 258 g/mol. The summed E-state index contributed by atoms with van der Waals surface area (Å²) in [6.45, 7) is 2.63. The highest BCUT2D eigenvalue weighted by Crippen LogP contribution is 2.33. The summed E-state index contributed by atoms with van der Waals surface area (Å²) in [7, 11) is 0. The highest BCUT2D eigenvalue weighted by molar-refractivity contribution is 5.40. The van der Waals surface area contributed by atoms with Gasteiger partial charge in [-0.15, -0.1) is 0 Å². The zero-order chi connectivity index (χ0) is 14.6. The molecule has 0 saturated heterocycles. The van der Waals surface area contributed by atoms with Gasteiger partial charge in [-0.1, -0.05) is 13.3 Å². The van der Waals surface area contributed by atoms with Gasteiger partial charge in [0, 0.05) is 12.6 Å². The minimum atomic E-state index is -0.685. The molecule has 0 unspecified atom stereocenters. The fourth-order valence-electron chi connectivity index (χ4n) is 2.65. The average molecular weight is 279 g/mol. The third-order valence-corrected chi connectivity index (χ3v) is 4.17. The zero-order valence-corrected chi connectivity index (χ0v) is 11.7. The Morgan fingerprint density at radius 3 is 2.70 bits per heavy atom. The first kappa shape index (κ1) is 14.7. The van der Waals surface area contributed by atoms with E-state index in [0.29, 0.717) is 12.4 Å². The van der Waals surface area contributed by atoms with Gasteiger partial charge in [-0.05, 0) is 37.7 Å². The number of anilines is 1. The molecule has 1 heterocycles. The van der Waals surface area contributed by atoms with Gasteiger partial charge in [0.1, 0.15) is 12.0 Å². The first-order chi connectivity index (χ1) is 9.52. The SMILES string of the molecule is CCC1CCC(O)(CNc2ccc([N+](=O)[O-])cn2)CC1. The Bertz CT molecular complexity index is 453. The Morgan fingerprint density at radius 2 is 2.20 bits per heavy atom. The van der Waals surface area contributed by atoms with Crippen molar-refractivity contribution < 1.29 is 10.0 Å². The van der Waals surface area contributed by atoms with Crippen LogP contribution in [0.4, 0.5) is 11.5 Å². The lowest BCUT2D eigenvalue weighted by Crippen LogP contribution is -2.40. The molecule has 0 spiro atoms. The molecule has 6 heteroatoms. The van der Waals surface area contributed by atoms with E-state index in [2.05, 4.69) is 17.2 Å². The van der Waals surface area contributed by atoms with Gasteiger partial charge >= 0.3 is 0 Å². The van der Waals surface area contributed by atoms with Crippen molar-refractivity contribution in [2.75, 3.05) is 11.9 Å². The standard InChI is InChI=1S/C14H21N3O3/c1-2-11-5-7-14(18,8-6-11)10-16-13-4-3-12(9-15-13)17(19)20/h3-4,9,11,18H,2,5-8,10H2,1H3,(H,15,16). The van der Waals surface area contributed by atoms with E-state index in [1.54, 1.807) is 6.07 Å². The monoisotopic (exact) mass is 279 g/mol. The highest BCUT2D eigenvalue weighted by Gasteiger charge is 2.32. The average Bonchev–Trinajstić information content (AvgIpc) is 2.46. The Kier molecular flexibility index (Phi) is 4.54. The molecule has 0 aliphatic heterocycles. The number of nitro groups is 1. The minimum absolute atomic E-state index is 0.0299. The van der Waals surface area contributed by atoms with E-state index in [9.17, 15) is 15.2 Å². The van der Waals surface area contributed by atoms with Crippen molar-refractivity contribution in [1.82, 2.24) is 4.98 Å². The molecule has 1 saturated carbocycles. The molecule has 1 aliphatic carbocycles. The molecule has 1 fully saturated rings. The molecule has 0 aromatic carbocycles. The fraction of sp³-hybridized carbons (Fsp3) is 0.643. The van der Waals surface area contributed by atoms with Gasteiger partial charge in [-0.3, -0.25) is 10.1 Å². The number of pyridine rings is 1. The Labute approximate surface area is 118 Å². The number of nitrogens with zero attached hydrogens (tertiary/aromatic N) is 2. The van der Waals surface area contributed by atoms with Crippen molar-refractivity contribution in [3.8, 4) is 0 Å². The molecule has 0 atom stereocenters. The number of aliphatic hydroxyl groups is 1. The lowest BCUT2D eigenvalue weighted by molar-refractivity contribution is -0.385. The smallest absolute Gasteiger partial charge is 0.287 e. The predicted octanol–water partition coefficient (Wildman–Crippen LogP) is 2.73. The Balaban J connectivity index is 1.87. The second kappa shape index (κ2) is 6.17. The quantitative estimate of drug-likeness (QED) is 0.639. The van der Waals surface area contributed by atoms with Crippen LogP contribution in [0.2, 0.25) is 0 Å². The molecule has 0 radical (unpaired) electrons. The molecule has 20 heavy (non-hydrogen) atoms. The van der Waals surface area contributed by atoms with Gasteiger partial charge in [-0.2, -0.15) is 0 Å². The summed E-state index contributed by atoms with van der Waals surface area (Å²) < 4.78 is 0. The molecule has 0 amide bonds. The maximum Gasteiger partial charge on any atom is 0.287 e. The molecule has 6 nitrogen and oxygen atoms in total. The first-order valence-electron chi connectivity index (χ1n) is 7.09. The van der Waals surface area contributed by atoms with E-state index >= 15 is 0 Å². The van der Waals surface area contributed by atoms with Crippen LogP contribution >= 0.6 is 0 Å². The van der Waals surface area contributed by atoms with Crippen LogP contribution in [0.3, 0.4) is 0 Å². The molecule has 0 bridgehead atoms. The molecular formula is C14H21N3O3. The minimum Gasteiger partial charge on any atom is -0.388 e. The van der Waals surface area contributed by atoms with E-state index in [4.69, 9.17) is 0 Å². The summed E-state index contributed by atoms with van der Waals surface area (Å²) in [4.78, 5) is 14.0. The maximum absolute atomic E-state index is 10.5. The fourth-order valence-corrected chi connectivity index (χ4v) is 2.65. The summed E-state index contributed by atoms with van der Waals surface area (Å²) in [6, 6.07) is 2.98. The van der Waals surface area contributed by atoms with Crippen LogP contribution in [0.1, 0.15) is 39.0 Å². The summed E-state index contributed by atoms with van der Waals surface area (Å²) in [5.41, 5.74) is -0.715. The predicted molar refractivity (Wildman–Crippen MR) is 76.6 cm³/mol. The topological polar surface area (TPSA) is 88.3 Å². The first-order valence-corrected chi connectivity index (χ1v) is 7.09. The second-order valence-electron chi connectivity index (χ2n) is 5.59. The van der Waals surface area contributed by atoms with Crippen molar-refractivity contribution in [1.29, 1.82) is 0 Å².